The van der Waals surface area contributed by atoms with E-state index in [1.54, 1.807) is 23.1 Å². The summed E-state index contributed by atoms with van der Waals surface area (Å²) in [4.78, 5) is 23.6. The molecule has 25 heavy (non-hydrogen) atoms. The van der Waals surface area contributed by atoms with Gasteiger partial charge in [0.05, 0.1) is 4.92 Å². The van der Waals surface area contributed by atoms with Crippen molar-refractivity contribution in [3.63, 3.8) is 0 Å². The summed E-state index contributed by atoms with van der Waals surface area (Å²) in [5.74, 6) is -0.452. The monoisotopic (exact) mass is 358 g/mol. The molecule has 0 radical (unpaired) electrons. The number of aryl methyl sites for hydroxylation is 1. The van der Waals surface area contributed by atoms with Gasteiger partial charge < -0.3 is 16.0 Å². The first kappa shape index (κ1) is 18.3. The van der Waals surface area contributed by atoms with E-state index in [0.29, 0.717) is 0 Å². The molecule has 0 spiro atoms. The molecule has 2 aromatic rings. The Morgan fingerprint density at radius 2 is 1.88 bits per heavy atom. The van der Waals surface area contributed by atoms with Gasteiger partial charge in [0.25, 0.3) is 5.69 Å². The largest absolute Gasteiger partial charge is 0.370 e. The molecular weight excluding hydrogens is 340 g/mol. The van der Waals surface area contributed by atoms with E-state index >= 15 is 0 Å². The number of amides is 1. The molecule has 0 aliphatic carbocycles. The summed E-state index contributed by atoms with van der Waals surface area (Å²) in [6, 6.07) is 13.8. The Bertz CT molecular complexity index is 810. The first-order valence-corrected chi connectivity index (χ1v) is 7.97. The Balaban J connectivity index is 2.31. The number of benzene rings is 2. The fourth-order valence-corrected chi connectivity index (χ4v) is 2.64. The summed E-state index contributed by atoms with van der Waals surface area (Å²) in [7, 11) is 0. The molecule has 7 nitrogen and oxygen atoms in total. The van der Waals surface area contributed by atoms with E-state index in [0.717, 1.165) is 11.3 Å². The van der Waals surface area contributed by atoms with Gasteiger partial charge in [-0.05, 0) is 36.8 Å². The highest BCUT2D eigenvalue weighted by atomic mass is 32.1. The van der Waals surface area contributed by atoms with Crippen molar-refractivity contribution >= 4 is 40.3 Å². The first-order valence-electron chi connectivity index (χ1n) is 7.56. The predicted molar refractivity (Wildman–Crippen MR) is 102 cm³/mol. The number of thiocarbonyl (C=S) groups is 1. The maximum Gasteiger partial charge on any atom is 0.292 e. The molecule has 8 heteroatoms. The number of nitrogens with zero attached hydrogens (tertiary/aromatic N) is 2. The van der Waals surface area contributed by atoms with Gasteiger partial charge in [0.1, 0.15) is 5.69 Å². The average Bonchev–Trinajstić information content (AvgIpc) is 2.56. The van der Waals surface area contributed by atoms with Crippen molar-refractivity contribution in [2.24, 2.45) is 5.73 Å². The van der Waals surface area contributed by atoms with E-state index < -0.39 is 10.8 Å². The van der Waals surface area contributed by atoms with Gasteiger partial charge in [-0.25, -0.2) is 0 Å². The normalized spacial score (nSPS) is 10.1. The second-order valence-corrected chi connectivity index (χ2v) is 5.75. The zero-order valence-corrected chi connectivity index (χ0v) is 14.5. The number of nitrogens with one attached hydrogen (secondary N) is 1. The maximum atomic E-state index is 11.2. The number of nitrogens with two attached hydrogens (primary N) is 1. The van der Waals surface area contributed by atoms with Crippen molar-refractivity contribution in [1.82, 2.24) is 0 Å². The molecule has 130 valence electrons. The van der Waals surface area contributed by atoms with Gasteiger partial charge >= 0.3 is 0 Å². The Morgan fingerprint density at radius 3 is 2.52 bits per heavy atom. The highest BCUT2D eigenvalue weighted by Crippen LogP contribution is 2.26. The lowest BCUT2D eigenvalue weighted by molar-refractivity contribution is -0.383. The third-order valence-electron chi connectivity index (χ3n) is 3.58. The molecule has 0 fully saturated rings. The second-order valence-electron chi connectivity index (χ2n) is 5.36. The number of carbonyl (C=O) groups excluding carboxylic acids is 1. The van der Waals surface area contributed by atoms with Crippen molar-refractivity contribution in [1.29, 1.82) is 0 Å². The summed E-state index contributed by atoms with van der Waals surface area (Å²) in [6.07, 6.45) is 0.104. The molecule has 0 bridgehead atoms. The SMILES string of the molecule is Cc1ccccc1N(CCC(N)=O)C(=S)Nc1ccccc1[N+](=O)[O-]. The predicted octanol–water partition coefficient (Wildman–Crippen LogP) is 2.98. The summed E-state index contributed by atoms with van der Waals surface area (Å²) >= 11 is 5.44. The summed E-state index contributed by atoms with van der Waals surface area (Å²) in [6.45, 7) is 2.19. The van der Waals surface area contributed by atoms with Crippen LogP contribution in [0.4, 0.5) is 17.1 Å². The van der Waals surface area contributed by atoms with Gasteiger partial charge in [-0.2, -0.15) is 0 Å². The van der Waals surface area contributed by atoms with Crippen LogP contribution in [-0.4, -0.2) is 22.5 Å². The van der Waals surface area contributed by atoms with E-state index in [2.05, 4.69) is 5.32 Å². The third kappa shape index (κ3) is 4.74. The molecule has 2 aromatic carbocycles. The van der Waals surface area contributed by atoms with E-state index in [1.807, 2.05) is 31.2 Å². The molecule has 2 rings (SSSR count). The molecule has 0 unspecified atom stereocenters. The molecule has 0 aliphatic rings. The van der Waals surface area contributed by atoms with Crippen molar-refractivity contribution in [2.45, 2.75) is 13.3 Å². The minimum absolute atomic E-state index is 0.0792. The van der Waals surface area contributed by atoms with Gasteiger partial charge in [-0.3, -0.25) is 14.9 Å². The van der Waals surface area contributed by atoms with Crippen LogP contribution in [0, 0.1) is 17.0 Å². The van der Waals surface area contributed by atoms with Crippen LogP contribution in [0.1, 0.15) is 12.0 Å². The number of carbonyl (C=O) groups is 1. The number of hydrogen-bond acceptors (Lipinski definition) is 4. The van der Waals surface area contributed by atoms with Crippen LogP contribution in [-0.2, 0) is 4.79 Å². The van der Waals surface area contributed by atoms with E-state index in [1.165, 1.54) is 6.07 Å². The van der Waals surface area contributed by atoms with Gasteiger partial charge in [-0.15, -0.1) is 0 Å². The van der Waals surface area contributed by atoms with Crippen molar-refractivity contribution < 1.29 is 9.72 Å². The van der Waals surface area contributed by atoms with Crippen LogP contribution in [0.15, 0.2) is 48.5 Å². The maximum absolute atomic E-state index is 11.2. The summed E-state index contributed by atoms with van der Waals surface area (Å²) in [5, 5.41) is 14.3. The molecule has 0 aliphatic heterocycles. The van der Waals surface area contributed by atoms with E-state index in [-0.39, 0.29) is 29.5 Å². The molecule has 0 heterocycles. The van der Waals surface area contributed by atoms with Gasteiger partial charge in [0.2, 0.25) is 5.91 Å². The van der Waals surface area contributed by atoms with Crippen LogP contribution >= 0.6 is 12.2 Å². The number of nitro benzene ring substituents is 1. The van der Waals surface area contributed by atoms with Gasteiger partial charge in [0, 0.05) is 24.7 Å². The van der Waals surface area contributed by atoms with Crippen LogP contribution in [0.25, 0.3) is 0 Å². The number of para-hydroxylation sites is 3. The van der Waals surface area contributed by atoms with E-state index in [9.17, 15) is 14.9 Å². The molecule has 0 saturated heterocycles. The second kappa shape index (κ2) is 8.20. The molecular formula is C17H18N4O3S. The van der Waals surface area contributed by atoms with Crippen molar-refractivity contribution in [3.8, 4) is 0 Å². The lowest BCUT2D eigenvalue weighted by atomic mass is 10.2. The fourth-order valence-electron chi connectivity index (χ4n) is 2.34. The van der Waals surface area contributed by atoms with Crippen molar-refractivity contribution in [2.75, 3.05) is 16.8 Å². The number of rotatable bonds is 6. The number of hydrogen-bond donors (Lipinski definition) is 2. The minimum atomic E-state index is -0.480. The van der Waals surface area contributed by atoms with Crippen LogP contribution in [0.3, 0.4) is 0 Å². The summed E-state index contributed by atoms with van der Waals surface area (Å²) in [5.41, 5.74) is 7.23. The highest BCUT2D eigenvalue weighted by molar-refractivity contribution is 7.80. The Hall–Kier alpha value is -3.00. The average molecular weight is 358 g/mol. The molecule has 0 atom stereocenters. The molecule has 0 aromatic heterocycles. The lowest BCUT2D eigenvalue weighted by Crippen LogP contribution is -2.37. The number of anilines is 2. The zero-order valence-electron chi connectivity index (χ0n) is 13.6. The van der Waals surface area contributed by atoms with Crippen LogP contribution in [0.5, 0.6) is 0 Å². The highest BCUT2D eigenvalue weighted by Gasteiger charge is 2.19. The smallest absolute Gasteiger partial charge is 0.292 e. The molecule has 0 saturated carbocycles. The first-order chi connectivity index (χ1) is 11.9. The van der Waals surface area contributed by atoms with E-state index in [4.69, 9.17) is 18.0 Å². The zero-order chi connectivity index (χ0) is 18.4. The topological polar surface area (TPSA) is 102 Å². The van der Waals surface area contributed by atoms with Crippen molar-refractivity contribution in [3.05, 3.63) is 64.2 Å². The quantitative estimate of drug-likeness (QED) is 0.468. The molecule has 3 N–H and O–H groups in total. The number of nitro groups is 1. The fraction of sp³-hybridized carbons (Fsp3) is 0.176. The molecule has 1 amide bonds. The summed E-state index contributed by atoms with van der Waals surface area (Å²) < 4.78 is 0. The minimum Gasteiger partial charge on any atom is -0.370 e. The lowest BCUT2D eigenvalue weighted by Gasteiger charge is -2.27. The Labute approximate surface area is 150 Å². The van der Waals surface area contributed by atoms with Crippen LogP contribution in [0.2, 0.25) is 0 Å². The Kier molecular flexibility index (Phi) is 6.02. The standard InChI is InChI=1S/C17H18N4O3S/c1-12-6-2-4-8-14(12)20(11-10-16(18)22)17(25)19-13-7-3-5-9-15(13)21(23)24/h2-9H,10-11H2,1H3,(H2,18,22)(H,19,25). The third-order valence-corrected chi connectivity index (χ3v) is 3.90. The van der Waals surface area contributed by atoms with Crippen LogP contribution < -0.4 is 16.0 Å². The number of primary amides is 1. The van der Waals surface area contributed by atoms with Gasteiger partial charge in [0.15, 0.2) is 5.11 Å². The van der Waals surface area contributed by atoms with Gasteiger partial charge in [-0.1, -0.05) is 30.3 Å². The Morgan fingerprint density at radius 1 is 1.24 bits per heavy atom.